The summed E-state index contributed by atoms with van der Waals surface area (Å²) in [6.45, 7) is 9.36. The molecule has 164 valence electrons. The molecular weight excluding hydrogens is 380 g/mol. The number of benzene rings is 3. The first kappa shape index (κ1) is 21.7. The van der Waals surface area contributed by atoms with Gasteiger partial charge in [-0.3, -0.25) is 0 Å². The van der Waals surface area contributed by atoms with E-state index in [-0.39, 0.29) is 5.41 Å². The van der Waals surface area contributed by atoms with Crippen molar-refractivity contribution in [2.45, 2.75) is 58.8 Å². The van der Waals surface area contributed by atoms with Crippen molar-refractivity contribution in [3.63, 3.8) is 0 Å². The van der Waals surface area contributed by atoms with Gasteiger partial charge >= 0.3 is 0 Å². The van der Waals surface area contributed by atoms with Crippen molar-refractivity contribution in [3.05, 3.63) is 59.7 Å². The monoisotopic (exact) mass is 416 g/mol. The first-order valence-electron chi connectivity index (χ1n) is 11.7. The minimum absolute atomic E-state index is 0.0157. The standard InChI is InChI=1S/C29H36O2/c1-19(2)13-15-29(16-14-20(3)4)27-18-23(31-6)9-12-25(27)26-10-7-21-17-22(30-5)8-11-24(21)28(26)29/h7-12,17-20H,13-16H2,1-6H3. The highest BCUT2D eigenvalue weighted by molar-refractivity contribution is 5.98. The van der Waals surface area contributed by atoms with Crippen molar-refractivity contribution < 1.29 is 9.47 Å². The highest BCUT2D eigenvalue weighted by Gasteiger charge is 2.44. The van der Waals surface area contributed by atoms with Crippen LogP contribution in [0.4, 0.5) is 0 Å². The first-order valence-corrected chi connectivity index (χ1v) is 11.7. The number of hydrogen-bond donors (Lipinski definition) is 0. The maximum absolute atomic E-state index is 5.68. The van der Waals surface area contributed by atoms with E-state index in [9.17, 15) is 0 Å². The van der Waals surface area contributed by atoms with Gasteiger partial charge in [0.1, 0.15) is 11.5 Å². The number of ether oxygens (including phenoxy) is 2. The van der Waals surface area contributed by atoms with E-state index in [1.54, 1.807) is 14.2 Å². The van der Waals surface area contributed by atoms with Gasteiger partial charge in [-0.25, -0.2) is 0 Å². The molecule has 0 spiro atoms. The van der Waals surface area contributed by atoms with E-state index in [1.807, 2.05) is 0 Å². The van der Waals surface area contributed by atoms with E-state index < -0.39 is 0 Å². The highest BCUT2D eigenvalue weighted by atomic mass is 16.5. The summed E-state index contributed by atoms with van der Waals surface area (Å²) in [5.41, 5.74) is 5.74. The predicted octanol–water partition coefficient (Wildman–Crippen LogP) is 8.00. The second kappa shape index (κ2) is 8.57. The second-order valence-electron chi connectivity index (χ2n) is 9.93. The van der Waals surface area contributed by atoms with Crippen LogP contribution in [0.3, 0.4) is 0 Å². The number of rotatable bonds is 8. The normalized spacial score (nSPS) is 14.2. The molecule has 1 aliphatic carbocycles. The summed E-state index contributed by atoms with van der Waals surface area (Å²) in [7, 11) is 3.52. The fourth-order valence-corrected chi connectivity index (χ4v) is 5.31. The number of hydrogen-bond acceptors (Lipinski definition) is 2. The van der Waals surface area contributed by atoms with Crippen LogP contribution in [-0.4, -0.2) is 14.2 Å². The third-order valence-corrected chi connectivity index (χ3v) is 7.03. The lowest BCUT2D eigenvalue weighted by atomic mass is 9.68. The third-order valence-electron chi connectivity index (χ3n) is 7.03. The molecule has 0 amide bonds. The van der Waals surface area contributed by atoms with Gasteiger partial charge in [0.2, 0.25) is 0 Å². The summed E-state index contributed by atoms with van der Waals surface area (Å²) in [6.07, 6.45) is 4.74. The molecule has 0 saturated carbocycles. The Morgan fingerprint density at radius 2 is 1.29 bits per heavy atom. The second-order valence-corrected chi connectivity index (χ2v) is 9.93. The molecule has 4 rings (SSSR count). The van der Waals surface area contributed by atoms with Gasteiger partial charge in [-0.2, -0.15) is 0 Å². The van der Waals surface area contributed by atoms with Crippen LogP contribution in [0.25, 0.3) is 21.9 Å². The zero-order valence-electron chi connectivity index (χ0n) is 19.9. The largest absolute Gasteiger partial charge is 0.497 e. The van der Waals surface area contributed by atoms with Crippen LogP contribution in [0.1, 0.15) is 64.5 Å². The van der Waals surface area contributed by atoms with Crippen molar-refractivity contribution in [1.29, 1.82) is 0 Å². The Morgan fingerprint density at radius 3 is 1.90 bits per heavy atom. The SMILES string of the molecule is COc1ccc2c(c1)C(CCC(C)C)(CCC(C)C)c1c-2ccc2cc(OC)ccc12. The molecule has 3 aromatic rings. The molecule has 0 fully saturated rings. The van der Waals surface area contributed by atoms with Crippen LogP contribution >= 0.6 is 0 Å². The van der Waals surface area contributed by atoms with E-state index in [2.05, 4.69) is 76.2 Å². The lowest BCUT2D eigenvalue weighted by Gasteiger charge is -2.35. The molecule has 2 nitrogen and oxygen atoms in total. The Kier molecular flexibility index (Phi) is 6.01. The minimum atomic E-state index is 0.0157. The quantitative estimate of drug-likeness (QED) is 0.370. The van der Waals surface area contributed by atoms with Crippen molar-refractivity contribution in [3.8, 4) is 22.6 Å². The third kappa shape index (κ3) is 3.82. The number of methoxy groups -OCH3 is 2. The molecule has 0 N–H and O–H groups in total. The van der Waals surface area contributed by atoms with Crippen LogP contribution < -0.4 is 9.47 Å². The molecule has 31 heavy (non-hydrogen) atoms. The van der Waals surface area contributed by atoms with Gasteiger partial charge in [0.05, 0.1) is 14.2 Å². The first-order chi connectivity index (χ1) is 14.9. The van der Waals surface area contributed by atoms with Gasteiger partial charge in [-0.05, 0) is 94.8 Å². The van der Waals surface area contributed by atoms with Crippen molar-refractivity contribution in [2.24, 2.45) is 11.8 Å². The number of fused-ring (bicyclic) bond motifs is 5. The van der Waals surface area contributed by atoms with Crippen LogP contribution in [0, 0.1) is 11.8 Å². The topological polar surface area (TPSA) is 18.5 Å². The van der Waals surface area contributed by atoms with E-state index in [4.69, 9.17) is 9.47 Å². The van der Waals surface area contributed by atoms with E-state index in [0.29, 0.717) is 11.8 Å². The molecular formula is C29H36O2. The van der Waals surface area contributed by atoms with Crippen molar-refractivity contribution in [1.82, 2.24) is 0 Å². The molecule has 0 aliphatic heterocycles. The average Bonchev–Trinajstić information content (AvgIpc) is 3.05. The molecule has 0 heterocycles. The summed E-state index contributed by atoms with van der Waals surface area (Å²) in [4.78, 5) is 0. The maximum Gasteiger partial charge on any atom is 0.119 e. The van der Waals surface area contributed by atoms with E-state index >= 15 is 0 Å². The molecule has 0 bridgehead atoms. The summed E-state index contributed by atoms with van der Waals surface area (Å²) in [5, 5.41) is 2.62. The average molecular weight is 417 g/mol. The molecule has 3 aromatic carbocycles. The summed E-state index contributed by atoms with van der Waals surface area (Å²) in [5.74, 6) is 3.21. The fraction of sp³-hybridized carbons (Fsp3) is 0.448. The molecule has 2 heteroatoms. The molecule has 0 unspecified atom stereocenters. The molecule has 0 saturated heterocycles. The minimum Gasteiger partial charge on any atom is -0.497 e. The summed E-state index contributed by atoms with van der Waals surface area (Å²) in [6, 6.07) is 17.8. The van der Waals surface area contributed by atoms with Crippen LogP contribution in [-0.2, 0) is 5.41 Å². The van der Waals surface area contributed by atoms with Gasteiger partial charge in [-0.15, -0.1) is 0 Å². The Labute approximate surface area is 187 Å². The van der Waals surface area contributed by atoms with Gasteiger partial charge in [0.25, 0.3) is 0 Å². The van der Waals surface area contributed by atoms with Gasteiger partial charge in [0, 0.05) is 5.41 Å². The van der Waals surface area contributed by atoms with Crippen LogP contribution in [0.5, 0.6) is 11.5 Å². The van der Waals surface area contributed by atoms with Crippen LogP contribution in [0.2, 0.25) is 0 Å². The van der Waals surface area contributed by atoms with E-state index in [1.165, 1.54) is 45.9 Å². The van der Waals surface area contributed by atoms with Crippen molar-refractivity contribution >= 4 is 10.8 Å². The summed E-state index contributed by atoms with van der Waals surface area (Å²) < 4.78 is 11.2. The van der Waals surface area contributed by atoms with Gasteiger partial charge in [0.15, 0.2) is 0 Å². The molecule has 0 atom stereocenters. The fourth-order valence-electron chi connectivity index (χ4n) is 5.31. The Bertz CT molecular complexity index is 1070. The molecule has 0 radical (unpaired) electrons. The maximum atomic E-state index is 5.68. The smallest absolute Gasteiger partial charge is 0.119 e. The lowest BCUT2D eigenvalue weighted by Crippen LogP contribution is -2.27. The summed E-state index contributed by atoms with van der Waals surface area (Å²) >= 11 is 0. The lowest BCUT2D eigenvalue weighted by molar-refractivity contribution is 0.363. The van der Waals surface area contributed by atoms with Crippen LogP contribution in [0.15, 0.2) is 48.5 Å². The van der Waals surface area contributed by atoms with Gasteiger partial charge in [-0.1, -0.05) is 52.0 Å². The Morgan fingerprint density at radius 1 is 0.710 bits per heavy atom. The van der Waals surface area contributed by atoms with Crippen molar-refractivity contribution in [2.75, 3.05) is 14.2 Å². The Hall–Kier alpha value is -2.48. The molecule has 0 aromatic heterocycles. The molecule has 1 aliphatic rings. The van der Waals surface area contributed by atoms with Gasteiger partial charge < -0.3 is 9.47 Å². The van der Waals surface area contributed by atoms with E-state index in [0.717, 1.165) is 24.3 Å². The Balaban J connectivity index is 2.02. The zero-order valence-corrected chi connectivity index (χ0v) is 19.9. The zero-order chi connectivity index (χ0) is 22.2. The predicted molar refractivity (Wildman–Crippen MR) is 131 cm³/mol. The highest BCUT2D eigenvalue weighted by Crippen LogP contribution is 2.57.